The van der Waals surface area contributed by atoms with Gasteiger partial charge in [-0.25, -0.2) is 4.39 Å². The van der Waals surface area contributed by atoms with Gasteiger partial charge in [-0.05, 0) is 42.7 Å². The Kier molecular flexibility index (Phi) is 5.96. The number of anilines is 1. The van der Waals surface area contributed by atoms with E-state index in [1.54, 1.807) is 18.2 Å². The van der Waals surface area contributed by atoms with E-state index in [9.17, 15) is 17.6 Å². The second-order valence-electron chi connectivity index (χ2n) is 7.59. The molecule has 1 saturated heterocycles. The van der Waals surface area contributed by atoms with Gasteiger partial charge in [-0.1, -0.05) is 17.3 Å². The molecule has 2 atom stereocenters. The van der Waals surface area contributed by atoms with Crippen LogP contribution < -0.4 is 10.6 Å². The summed E-state index contributed by atoms with van der Waals surface area (Å²) in [5.41, 5.74) is 0.824. The van der Waals surface area contributed by atoms with Crippen LogP contribution >= 0.6 is 11.3 Å². The van der Waals surface area contributed by atoms with Crippen molar-refractivity contribution in [3.05, 3.63) is 28.6 Å². The Balaban J connectivity index is 1.65. The summed E-state index contributed by atoms with van der Waals surface area (Å²) in [4.78, 5) is 5.88. The number of nitrogens with zero attached hydrogens (tertiary/aromatic N) is 1. The summed E-state index contributed by atoms with van der Waals surface area (Å²) >= 11 is 1.22. The second kappa shape index (κ2) is 8.47. The minimum atomic E-state index is -4.34. The average molecular weight is 429 g/mol. The number of halogens is 4. The largest absolute Gasteiger partial charge is 0.393 e. The van der Waals surface area contributed by atoms with Gasteiger partial charge in [0.1, 0.15) is 12.3 Å². The van der Waals surface area contributed by atoms with E-state index in [4.69, 9.17) is 4.84 Å². The molecule has 29 heavy (non-hydrogen) atoms. The van der Waals surface area contributed by atoms with Crippen LogP contribution in [-0.2, 0) is 11.3 Å². The third-order valence-electron chi connectivity index (χ3n) is 5.39. The van der Waals surface area contributed by atoms with Crippen molar-refractivity contribution in [1.29, 1.82) is 0 Å². The van der Waals surface area contributed by atoms with Gasteiger partial charge in [0.2, 0.25) is 0 Å². The number of rotatable bonds is 6. The maximum atomic E-state index is 14.0. The van der Waals surface area contributed by atoms with Crippen LogP contribution in [0.1, 0.15) is 36.1 Å². The lowest BCUT2D eigenvalue weighted by Gasteiger charge is -2.16. The maximum absolute atomic E-state index is 14.0. The van der Waals surface area contributed by atoms with Crippen molar-refractivity contribution in [3.63, 3.8) is 0 Å². The molecular weight excluding hydrogens is 406 g/mol. The maximum Gasteiger partial charge on any atom is 0.393 e. The summed E-state index contributed by atoms with van der Waals surface area (Å²) in [6.07, 6.45) is -0.973. The van der Waals surface area contributed by atoms with Gasteiger partial charge in [0.25, 0.3) is 0 Å². The molecule has 0 radical (unpaired) electrons. The van der Waals surface area contributed by atoms with Gasteiger partial charge in [0.05, 0.1) is 33.9 Å². The van der Waals surface area contributed by atoms with Crippen LogP contribution in [0.4, 0.5) is 23.2 Å². The molecule has 2 fully saturated rings. The predicted molar refractivity (Wildman–Crippen MR) is 108 cm³/mol. The minimum absolute atomic E-state index is 0.0419. The van der Waals surface area contributed by atoms with E-state index in [2.05, 4.69) is 15.8 Å². The first-order chi connectivity index (χ1) is 13.9. The number of alkyl halides is 4. The van der Waals surface area contributed by atoms with Gasteiger partial charge < -0.3 is 15.5 Å². The highest BCUT2D eigenvalue weighted by Gasteiger charge is 2.32. The summed E-state index contributed by atoms with van der Waals surface area (Å²) in [6.45, 7) is 0.746. The monoisotopic (exact) mass is 429 g/mol. The van der Waals surface area contributed by atoms with Crippen LogP contribution in [0.3, 0.4) is 0 Å². The van der Waals surface area contributed by atoms with Crippen molar-refractivity contribution in [3.8, 4) is 0 Å². The highest BCUT2D eigenvalue weighted by atomic mass is 32.1. The van der Waals surface area contributed by atoms with Gasteiger partial charge in [0.15, 0.2) is 0 Å². The Hall–Kier alpha value is -1.87. The molecule has 4 rings (SSSR count). The van der Waals surface area contributed by atoms with Crippen LogP contribution in [-0.4, -0.2) is 43.8 Å². The summed E-state index contributed by atoms with van der Waals surface area (Å²) in [5, 5.41) is 10.6. The molecule has 9 heteroatoms. The van der Waals surface area contributed by atoms with E-state index < -0.39 is 24.8 Å². The SMILES string of the molecule is F[C@H]1CNC[C@H]1Nc1cccc2c(CC(F)(F)F)c(/C=N/OC3CCCC3)sc12. The molecule has 0 bridgehead atoms. The molecular formula is C20H23F4N3OS. The van der Waals surface area contributed by atoms with E-state index in [-0.39, 0.29) is 18.2 Å². The number of hydrogen-bond acceptors (Lipinski definition) is 5. The molecule has 0 unspecified atom stereocenters. The normalized spacial score (nSPS) is 23.4. The first-order valence-electron chi connectivity index (χ1n) is 9.82. The fourth-order valence-corrected chi connectivity index (χ4v) is 5.09. The molecule has 2 aliphatic rings. The lowest BCUT2D eigenvalue weighted by atomic mass is 10.1. The van der Waals surface area contributed by atoms with Gasteiger partial charge in [-0.15, -0.1) is 11.3 Å². The standard InChI is InChI=1S/C20H23F4N3OS/c21-15-9-25-10-17(15)27-16-7-3-6-13-14(8-20(22,23)24)18(29-19(13)16)11-26-28-12-4-1-2-5-12/h3,6-7,11-12,15,17,25,27H,1-2,4-5,8-10H2/b26-11+/t15-,17+/m0/s1. The molecule has 1 aliphatic carbocycles. The highest BCUT2D eigenvalue weighted by Crippen LogP contribution is 2.39. The number of fused-ring (bicyclic) bond motifs is 1. The van der Waals surface area contributed by atoms with Crippen LogP contribution in [0.25, 0.3) is 10.1 Å². The summed E-state index contributed by atoms with van der Waals surface area (Å²) < 4.78 is 54.3. The molecule has 4 nitrogen and oxygen atoms in total. The zero-order chi connectivity index (χ0) is 20.4. The molecule has 2 heterocycles. The van der Waals surface area contributed by atoms with Crippen LogP contribution in [0.15, 0.2) is 23.4 Å². The molecule has 2 N–H and O–H groups in total. The quantitative estimate of drug-likeness (QED) is 0.385. The fourth-order valence-electron chi connectivity index (χ4n) is 3.94. The average Bonchev–Trinajstić information content (AvgIpc) is 3.38. The molecule has 1 aromatic carbocycles. The van der Waals surface area contributed by atoms with Crippen molar-refractivity contribution in [2.24, 2.45) is 5.16 Å². The van der Waals surface area contributed by atoms with Crippen molar-refractivity contribution in [2.75, 3.05) is 18.4 Å². The predicted octanol–water partition coefficient (Wildman–Crippen LogP) is 5.02. The zero-order valence-corrected chi connectivity index (χ0v) is 16.6. The molecule has 0 spiro atoms. The zero-order valence-electron chi connectivity index (χ0n) is 15.8. The first kappa shape index (κ1) is 20.4. The number of oxime groups is 1. The Bertz CT molecular complexity index is 876. The summed E-state index contributed by atoms with van der Waals surface area (Å²) in [6, 6.07) is 4.74. The lowest BCUT2D eigenvalue weighted by molar-refractivity contribution is -0.126. The Morgan fingerprint density at radius 2 is 2.03 bits per heavy atom. The van der Waals surface area contributed by atoms with E-state index in [1.165, 1.54) is 17.6 Å². The van der Waals surface area contributed by atoms with Crippen molar-refractivity contribution in [2.45, 2.75) is 56.6 Å². The molecule has 158 valence electrons. The Labute approximate surface area is 170 Å². The van der Waals surface area contributed by atoms with Crippen molar-refractivity contribution < 1.29 is 22.4 Å². The molecule has 1 aromatic heterocycles. The van der Waals surface area contributed by atoms with Gasteiger partial charge in [-0.3, -0.25) is 0 Å². The van der Waals surface area contributed by atoms with Crippen LogP contribution in [0.5, 0.6) is 0 Å². The number of nitrogens with one attached hydrogen (secondary N) is 2. The molecule has 1 saturated carbocycles. The molecule has 0 amide bonds. The number of thiophene rings is 1. The minimum Gasteiger partial charge on any atom is -0.392 e. The fraction of sp³-hybridized carbons (Fsp3) is 0.550. The second-order valence-corrected chi connectivity index (χ2v) is 8.64. The number of benzene rings is 1. The van der Waals surface area contributed by atoms with E-state index >= 15 is 0 Å². The van der Waals surface area contributed by atoms with Crippen LogP contribution in [0.2, 0.25) is 0 Å². The summed E-state index contributed by atoms with van der Waals surface area (Å²) in [5.74, 6) is 0. The van der Waals surface area contributed by atoms with Gasteiger partial charge in [0, 0.05) is 13.1 Å². The summed E-state index contributed by atoms with van der Waals surface area (Å²) in [7, 11) is 0. The van der Waals surface area contributed by atoms with Gasteiger partial charge >= 0.3 is 6.18 Å². The lowest BCUT2D eigenvalue weighted by Crippen LogP contribution is -2.29. The van der Waals surface area contributed by atoms with Crippen molar-refractivity contribution in [1.82, 2.24) is 5.32 Å². The highest BCUT2D eigenvalue weighted by molar-refractivity contribution is 7.21. The topological polar surface area (TPSA) is 45.7 Å². The first-order valence-corrected chi connectivity index (χ1v) is 10.6. The van der Waals surface area contributed by atoms with Crippen molar-refractivity contribution >= 4 is 33.3 Å². The van der Waals surface area contributed by atoms with Gasteiger partial charge in [-0.2, -0.15) is 13.2 Å². The van der Waals surface area contributed by atoms with Crippen LogP contribution in [0, 0.1) is 0 Å². The van der Waals surface area contributed by atoms with E-state index in [1.807, 2.05) is 0 Å². The third-order valence-corrected chi connectivity index (χ3v) is 6.61. The Morgan fingerprint density at radius 3 is 2.72 bits per heavy atom. The Morgan fingerprint density at radius 1 is 1.24 bits per heavy atom. The smallest absolute Gasteiger partial charge is 0.392 e. The third kappa shape index (κ3) is 4.83. The van der Waals surface area contributed by atoms with E-state index in [0.29, 0.717) is 27.2 Å². The van der Waals surface area contributed by atoms with E-state index in [0.717, 1.165) is 25.7 Å². The number of hydrogen-bond donors (Lipinski definition) is 2. The molecule has 1 aliphatic heterocycles. The molecule has 2 aromatic rings.